The molecule has 0 N–H and O–H groups in total. The third-order valence-electron chi connectivity index (χ3n) is 3.61. The van der Waals surface area contributed by atoms with Crippen LogP contribution in [-0.2, 0) is 0 Å². The van der Waals surface area contributed by atoms with E-state index in [9.17, 15) is 0 Å². The van der Waals surface area contributed by atoms with E-state index in [2.05, 4.69) is 29.9 Å². The van der Waals surface area contributed by atoms with Gasteiger partial charge in [-0.15, -0.1) is 6.42 Å². The third kappa shape index (κ3) is 4.75. The van der Waals surface area contributed by atoms with Gasteiger partial charge in [0.25, 0.3) is 0 Å². The highest BCUT2D eigenvalue weighted by molar-refractivity contribution is 5.33. The van der Waals surface area contributed by atoms with E-state index in [4.69, 9.17) is 6.42 Å². The molecule has 1 aliphatic rings. The van der Waals surface area contributed by atoms with E-state index in [1.165, 1.54) is 32.4 Å². The molecule has 0 bridgehead atoms. The van der Waals surface area contributed by atoms with Gasteiger partial charge in [-0.1, -0.05) is 24.1 Å². The summed E-state index contributed by atoms with van der Waals surface area (Å²) in [5, 5.41) is 0. The average molecular weight is 318 g/mol. The summed E-state index contributed by atoms with van der Waals surface area (Å²) in [6.07, 6.45) is 9.43. The van der Waals surface area contributed by atoms with Gasteiger partial charge in [0.15, 0.2) is 0 Å². The van der Waals surface area contributed by atoms with E-state index in [0.29, 0.717) is 0 Å². The normalized spacial score (nSPS) is 16.4. The summed E-state index contributed by atoms with van der Waals surface area (Å²) in [6, 6.07) is 10.2. The molecule has 1 aliphatic heterocycles. The maximum Gasteiger partial charge on any atom is 0.142 e. The Hall–Kier alpha value is -1.22. The maximum atomic E-state index is 5.51. The Balaban J connectivity index is 0.00000180. The molecule has 0 aromatic heterocycles. The first-order chi connectivity index (χ1) is 8.85. The van der Waals surface area contributed by atoms with Crippen LogP contribution in [0.2, 0.25) is 0 Å². The second-order valence-electron chi connectivity index (χ2n) is 5.04. The Bertz CT molecular complexity index is 469. The van der Waals surface area contributed by atoms with E-state index >= 15 is 0 Å². The van der Waals surface area contributed by atoms with Crippen LogP contribution in [0.5, 0.6) is 0 Å². The summed E-state index contributed by atoms with van der Waals surface area (Å²) < 4.78 is 0.996. The van der Waals surface area contributed by atoms with Crippen molar-refractivity contribution in [1.29, 1.82) is 0 Å². The molecule has 1 saturated heterocycles. The molecule has 1 fully saturated rings. The monoisotopic (exact) mass is 317 g/mol. The van der Waals surface area contributed by atoms with Crippen molar-refractivity contribution >= 4 is 0 Å². The van der Waals surface area contributed by atoms with Crippen LogP contribution in [-0.4, -0.2) is 30.7 Å². The number of benzene rings is 1. The number of nitrogens with zero attached hydrogens (tertiary/aromatic N) is 1. The SMILES string of the molecule is C#CC[N+]1(CC#Cc2ccccc2)CCCCC1.[Br-]. The van der Waals surface area contributed by atoms with Crippen LogP contribution in [0.25, 0.3) is 0 Å². The molecule has 1 nitrogen and oxygen atoms in total. The molecule has 19 heavy (non-hydrogen) atoms. The zero-order valence-electron chi connectivity index (χ0n) is 11.2. The Morgan fingerprint density at radius 3 is 2.32 bits per heavy atom. The van der Waals surface area contributed by atoms with Crippen molar-refractivity contribution in [3.05, 3.63) is 35.9 Å². The van der Waals surface area contributed by atoms with Crippen LogP contribution in [0.3, 0.4) is 0 Å². The summed E-state index contributed by atoms with van der Waals surface area (Å²) in [4.78, 5) is 0. The van der Waals surface area contributed by atoms with E-state index in [0.717, 1.165) is 23.1 Å². The molecule has 0 saturated carbocycles. The van der Waals surface area contributed by atoms with Crippen LogP contribution in [0, 0.1) is 24.2 Å². The molecule has 100 valence electrons. The number of quaternary nitrogens is 1. The molecular weight excluding hydrogens is 298 g/mol. The van der Waals surface area contributed by atoms with Crippen molar-refractivity contribution in [2.24, 2.45) is 0 Å². The van der Waals surface area contributed by atoms with Crippen molar-refractivity contribution < 1.29 is 21.5 Å². The van der Waals surface area contributed by atoms with Crippen molar-refractivity contribution in [3.63, 3.8) is 0 Å². The number of halogens is 1. The number of terminal acetylenes is 1. The van der Waals surface area contributed by atoms with E-state index in [1.54, 1.807) is 0 Å². The van der Waals surface area contributed by atoms with Crippen molar-refractivity contribution in [1.82, 2.24) is 0 Å². The van der Waals surface area contributed by atoms with Gasteiger partial charge in [-0.25, -0.2) is 0 Å². The Morgan fingerprint density at radius 2 is 1.68 bits per heavy atom. The van der Waals surface area contributed by atoms with Crippen LogP contribution in [0.15, 0.2) is 30.3 Å². The van der Waals surface area contributed by atoms with E-state index in [-0.39, 0.29) is 17.0 Å². The van der Waals surface area contributed by atoms with Crippen molar-refractivity contribution in [3.8, 4) is 24.2 Å². The number of rotatable bonds is 2. The van der Waals surface area contributed by atoms with Gasteiger partial charge in [0.2, 0.25) is 0 Å². The molecule has 0 atom stereocenters. The third-order valence-corrected chi connectivity index (χ3v) is 3.61. The first-order valence-corrected chi connectivity index (χ1v) is 6.67. The average Bonchev–Trinajstić information content (AvgIpc) is 2.41. The molecule has 0 amide bonds. The highest BCUT2D eigenvalue weighted by Crippen LogP contribution is 2.17. The standard InChI is InChI=1S/C17H20N.BrH/c1-2-13-18(14-7-4-8-15-18)16-9-12-17-10-5-3-6-11-17;/h1,3,5-6,10-11H,4,7-8,13-16H2;1H/q+1;/p-1. The van der Waals surface area contributed by atoms with Crippen LogP contribution in [0.4, 0.5) is 0 Å². The van der Waals surface area contributed by atoms with Crippen LogP contribution >= 0.6 is 0 Å². The second kappa shape index (κ2) is 8.05. The Morgan fingerprint density at radius 1 is 1.00 bits per heavy atom. The number of likely N-dealkylation sites (tertiary alicyclic amines) is 1. The molecule has 1 aromatic rings. The lowest BCUT2D eigenvalue weighted by atomic mass is 10.1. The van der Waals surface area contributed by atoms with Crippen LogP contribution in [0.1, 0.15) is 24.8 Å². The van der Waals surface area contributed by atoms with Crippen molar-refractivity contribution in [2.75, 3.05) is 26.2 Å². The fourth-order valence-electron chi connectivity index (χ4n) is 2.58. The largest absolute Gasteiger partial charge is 1.00 e. The van der Waals surface area contributed by atoms with Gasteiger partial charge in [0, 0.05) is 5.56 Å². The molecule has 0 aliphatic carbocycles. The minimum Gasteiger partial charge on any atom is -1.00 e. The van der Waals surface area contributed by atoms with Crippen molar-refractivity contribution in [2.45, 2.75) is 19.3 Å². The van der Waals surface area contributed by atoms with Gasteiger partial charge in [-0.3, -0.25) is 0 Å². The number of piperidine rings is 1. The van der Waals surface area contributed by atoms with E-state index in [1.807, 2.05) is 18.2 Å². The molecule has 2 heteroatoms. The lowest BCUT2D eigenvalue weighted by molar-refractivity contribution is -0.919. The molecule has 0 unspecified atom stereocenters. The molecule has 1 aromatic carbocycles. The van der Waals surface area contributed by atoms with Gasteiger partial charge in [0.05, 0.1) is 13.1 Å². The smallest absolute Gasteiger partial charge is 0.142 e. The number of hydrogen-bond acceptors (Lipinski definition) is 0. The van der Waals surface area contributed by atoms with Gasteiger partial charge < -0.3 is 21.5 Å². The summed E-state index contributed by atoms with van der Waals surface area (Å²) >= 11 is 0. The second-order valence-corrected chi connectivity index (χ2v) is 5.04. The Kier molecular flexibility index (Phi) is 6.71. The minimum atomic E-state index is 0. The zero-order valence-corrected chi connectivity index (χ0v) is 12.8. The molecule has 0 radical (unpaired) electrons. The quantitative estimate of drug-likeness (QED) is 0.518. The maximum absolute atomic E-state index is 5.51. The van der Waals surface area contributed by atoms with Crippen LogP contribution < -0.4 is 17.0 Å². The summed E-state index contributed by atoms with van der Waals surface area (Å²) in [5.74, 6) is 9.40. The summed E-state index contributed by atoms with van der Waals surface area (Å²) in [6.45, 7) is 4.09. The lowest BCUT2D eigenvalue weighted by Crippen LogP contribution is -3.00. The fraction of sp³-hybridized carbons (Fsp3) is 0.412. The molecule has 0 spiro atoms. The zero-order chi connectivity index (χ0) is 12.7. The molecular formula is C17H20BrN. The number of hydrogen-bond donors (Lipinski definition) is 0. The molecule has 1 heterocycles. The molecule has 2 rings (SSSR count). The highest BCUT2D eigenvalue weighted by Gasteiger charge is 2.27. The fourth-order valence-corrected chi connectivity index (χ4v) is 2.58. The predicted molar refractivity (Wildman–Crippen MR) is 75.7 cm³/mol. The predicted octanol–water partition coefficient (Wildman–Crippen LogP) is -0.324. The first-order valence-electron chi connectivity index (χ1n) is 6.67. The van der Waals surface area contributed by atoms with Gasteiger partial charge >= 0.3 is 0 Å². The van der Waals surface area contributed by atoms with Gasteiger partial charge in [0.1, 0.15) is 13.1 Å². The topological polar surface area (TPSA) is 0 Å². The van der Waals surface area contributed by atoms with Gasteiger partial charge in [-0.2, -0.15) is 0 Å². The highest BCUT2D eigenvalue weighted by atomic mass is 79.9. The minimum absolute atomic E-state index is 0. The first kappa shape index (κ1) is 15.8. The summed E-state index contributed by atoms with van der Waals surface area (Å²) in [7, 11) is 0. The Labute approximate surface area is 127 Å². The lowest BCUT2D eigenvalue weighted by Gasteiger charge is -2.38. The summed E-state index contributed by atoms with van der Waals surface area (Å²) in [5.41, 5.74) is 1.09. The van der Waals surface area contributed by atoms with E-state index < -0.39 is 0 Å². The van der Waals surface area contributed by atoms with Gasteiger partial charge in [-0.05, 0) is 43.2 Å².